The third-order valence-electron chi connectivity index (χ3n) is 2.41. The average molecular weight is 207 g/mol. The minimum absolute atomic E-state index is 0.378. The lowest BCUT2D eigenvalue weighted by molar-refractivity contribution is 0.138. The molecule has 1 aromatic rings. The standard InChI is InChI=1S/C13H21NO/c1-4-6-11-7-5-8-12(9-11)13(15)10-14(2)3/h5,7-9,13,15H,4,6,10H2,1-3H3. The molecule has 1 N–H and O–H groups in total. The Kier molecular flexibility index (Phi) is 4.79. The molecule has 1 aromatic carbocycles. The van der Waals surface area contributed by atoms with Crippen LogP contribution in [0.2, 0.25) is 0 Å². The Morgan fingerprint density at radius 1 is 1.33 bits per heavy atom. The lowest BCUT2D eigenvalue weighted by Crippen LogP contribution is -2.20. The SMILES string of the molecule is CCCc1cccc(C(O)CN(C)C)c1. The van der Waals surface area contributed by atoms with Crippen molar-refractivity contribution in [2.45, 2.75) is 25.9 Å². The summed E-state index contributed by atoms with van der Waals surface area (Å²) in [5.74, 6) is 0. The summed E-state index contributed by atoms with van der Waals surface area (Å²) in [6.45, 7) is 2.85. The molecule has 0 aliphatic rings. The van der Waals surface area contributed by atoms with Crippen molar-refractivity contribution in [3.05, 3.63) is 35.4 Å². The van der Waals surface area contributed by atoms with Crippen LogP contribution in [0.4, 0.5) is 0 Å². The minimum atomic E-state index is -0.378. The minimum Gasteiger partial charge on any atom is -0.387 e. The Morgan fingerprint density at radius 3 is 2.67 bits per heavy atom. The molecule has 0 aromatic heterocycles. The zero-order valence-corrected chi connectivity index (χ0v) is 9.90. The molecular formula is C13H21NO. The summed E-state index contributed by atoms with van der Waals surface area (Å²) in [7, 11) is 3.94. The first-order valence-corrected chi connectivity index (χ1v) is 5.55. The van der Waals surface area contributed by atoms with Crippen molar-refractivity contribution in [2.24, 2.45) is 0 Å². The number of aryl methyl sites for hydroxylation is 1. The van der Waals surface area contributed by atoms with Crippen molar-refractivity contribution >= 4 is 0 Å². The maximum Gasteiger partial charge on any atom is 0.0916 e. The van der Waals surface area contributed by atoms with Crippen LogP contribution in [-0.2, 0) is 6.42 Å². The van der Waals surface area contributed by atoms with Gasteiger partial charge in [-0.3, -0.25) is 0 Å². The summed E-state index contributed by atoms with van der Waals surface area (Å²) < 4.78 is 0. The van der Waals surface area contributed by atoms with Gasteiger partial charge in [-0.25, -0.2) is 0 Å². The van der Waals surface area contributed by atoms with Gasteiger partial charge in [0, 0.05) is 6.54 Å². The van der Waals surface area contributed by atoms with Gasteiger partial charge >= 0.3 is 0 Å². The molecule has 1 atom stereocenters. The Hall–Kier alpha value is -0.860. The normalized spacial score (nSPS) is 13.1. The Bertz CT molecular complexity index is 296. The molecule has 0 aliphatic carbocycles. The zero-order valence-electron chi connectivity index (χ0n) is 9.90. The summed E-state index contributed by atoms with van der Waals surface area (Å²) in [5.41, 5.74) is 2.34. The molecule has 1 unspecified atom stereocenters. The van der Waals surface area contributed by atoms with Crippen LogP contribution in [0.3, 0.4) is 0 Å². The topological polar surface area (TPSA) is 23.5 Å². The fourth-order valence-electron chi connectivity index (χ4n) is 1.70. The van der Waals surface area contributed by atoms with E-state index >= 15 is 0 Å². The lowest BCUT2D eigenvalue weighted by Gasteiger charge is -2.16. The summed E-state index contributed by atoms with van der Waals surface area (Å²) in [5, 5.41) is 9.94. The number of aliphatic hydroxyl groups excluding tert-OH is 1. The fourth-order valence-corrected chi connectivity index (χ4v) is 1.70. The van der Waals surface area contributed by atoms with Gasteiger partial charge < -0.3 is 10.0 Å². The molecule has 0 saturated heterocycles. The Morgan fingerprint density at radius 2 is 2.07 bits per heavy atom. The van der Waals surface area contributed by atoms with Crippen molar-refractivity contribution in [3.63, 3.8) is 0 Å². The maximum atomic E-state index is 9.94. The van der Waals surface area contributed by atoms with Crippen LogP contribution in [0.1, 0.15) is 30.6 Å². The van der Waals surface area contributed by atoms with E-state index in [1.54, 1.807) is 0 Å². The Labute approximate surface area is 92.5 Å². The van der Waals surface area contributed by atoms with Gasteiger partial charge in [0.2, 0.25) is 0 Å². The molecule has 15 heavy (non-hydrogen) atoms. The highest BCUT2D eigenvalue weighted by Gasteiger charge is 2.08. The van der Waals surface area contributed by atoms with Crippen LogP contribution < -0.4 is 0 Å². The van der Waals surface area contributed by atoms with E-state index in [0.717, 1.165) is 18.4 Å². The monoisotopic (exact) mass is 207 g/mol. The molecule has 0 spiro atoms. The van der Waals surface area contributed by atoms with Gasteiger partial charge in [-0.2, -0.15) is 0 Å². The summed E-state index contributed by atoms with van der Waals surface area (Å²) in [6.07, 6.45) is 1.85. The van der Waals surface area contributed by atoms with Gasteiger partial charge in [-0.05, 0) is 31.6 Å². The van der Waals surface area contributed by atoms with E-state index in [1.165, 1.54) is 5.56 Å². The van der Waals surface area contributed by atoms with Gasteiger partial charge in [-0.1, -0.05) is 37.6 Å². The fraction of sp³-hybridized carbons (Fsp3) is 0.538. The van der Waals surface area contributed by atoms with Crippen molar-refractivity contribution < 1.29 is 5.11 Å². The molecule has 0 saturated carbocycles. The number of rotatable bonds is 5. The number of benzene rings is 1. The maximum absolute atomic E-state index is 9.94. The van der Waals surface area contributed by atoms with Crippen molar-refractivity contribution in [2.75, 3.05) is 20.6 Å². The summed E-state index contributed by atoms with van der Waals surface area (Å²) in [4.78, 5) is 2.00. The highest BCUT2D eigenvalue weighted by molar-refractivity contribution is 5.25. The van der Waals surface area contributed by atoms with Crippen LogP contribution in [0.5, 0.6) is 0 Å². The number of aliphatic hydroxyl groups is 1. The predicted octanol–water partition coefficient (Wildman–Crippen LogP) is 2.23. The molecule has 0 radical (unpaired) electrons. The highest BCUT2D eigenvalue weighted by Crippen LogP contribution is 2.16. The summed E-state index contributed by atoms with van der Waals surface area (Å²) >= 11 is 0. The molecule has 0 aliphatic heterocycles. The number of hydrogen-bond donors (Lipinski definition) is 1. The van der Waals surface area contributed by atoms with E-state index < -0.39 is 0 Å². The van der Waals surface area contributed by atoms with Gasteiger partial charge in [0.05, 0.1) is 6.10 Å². The van der Waals surface area contributed by atoms with Gasteiger partial charge in [-0.15, -0.1) is 0 Å². The van der Waals surface area contributed by atoms with Gasteiger partial charge in [0.15, 0.2) is 0 Å². The number of hydrogen-bond acceptors (Lipinski definition) is 2. The van der Waals surface area contributed by atoms with Crippen LogP contribution in [-0.4, -0.2) is 30.6 Å². The second-order valence-corrected chi connectivity index (χ2v) is 4.27. The first kappa shape index (κ1) is 12.2. The summed E-state index contributed by atoms with van der Waals surface area (Å²) in [6, 6.07) is 8.25. The van der Waals surface area contributed by atoms with E-state index in [0.29, 0.717) is 6.54 Å². The van der Waals surface area contributed by atoms with Crippen LogP contribution in [0.15, 0.2) is 24.3 Å². The Balaban J connectivity index is 2.71. The first-order valence-electron chi connectivity index (χ1n) is 5.55. The predicted molar refractivity (Wildman–Crippen MR) is 64.0 cm³/mol. The second kappa shape index (κ2) is 5.89. The van der Waals surface area contributed by atoms with Gasteiger partial charge in [0.25, 0.3) is 0 Å². The number of likely N-dealkylation sites (N-methyl/N-ethyl adjacent to an activating group) is 1. The smallest absolute Gasteiger partial charge is 0.0916 e. The average Bonchev–Trinajstić information content (AvgIpc) is 2.17. The van der Waals surface area contributed by atoms with Crippen molar-refractivity contribution in [1.29, 1.82) is 0 Å². The van der Waals surface area contributed by atoms with E-state index in [1.807, 2.05) is 31.1 Å². The molecule has 0 fully saturated rings. The zero-order chi connectivity index (χ0) is 11.3. The first-order chi connectivity index (χ1) is 7.13. The van der Waals surface area contributed by atoms with E-state index in [9.17, 15) is 5.11 Å². The molecule has 2 nitrogen and oxygen atoms in total. The molecule has 2 heteroatoms. The molecular weight excluding hydrogens is 186 g/mol. The lowest BCUT2D eigenvalue weighted by atomic mass is 10.0. The molecule has 0 bridgehead atoms. The van der Waals surface area contributed by atoms with E-state index in [4.69, 9.17) is 0 Å². The quantitative estimate of drug-likeness (QED) is 0.800. The van der Waals surface area contributed by atoms with E-state index in [2.05, 4.69) is 19.1 Å². The van der Waals surface area contributed by atoms with Crippen LogP contribution in [0.25, 0.3) is 0 Å². The largest absolute Gasteiger partial charge is 0.387 e. The molecule has 0 amide bonds. The second-order valence-electron chi connectivity index (χ2n) is 4.27. The van der Waals surface area contributed by atoms with Gasteiger partial charge in [0.1, 0.15) is 0 Å². The third kappa shape index (κ3) is 4.02. The van der Waals surface area contributed by atoms with Crippen molar-refractivity contribution in [1.82, 2.24) is 4.90 Å². The van der Waals surface area contributed by atoms with E-state index in [-0.39, 0.29) is 6.10 Å². The third-order valence-corrected chi connectivity index (χ3v) is 2.41. The van der Waals surface area contributed by atoms with Crippen molar-refractivity contribution in [3.8, 4) is 0 Å². The number of nitrogens with zero attached hydrogens (tertiary/aromatic N) is 1. The highest BCUT2D eigenvalue weighted by atomic mass is 16.3. The molecule has 84 valence electrons. The van der Waals surface area contributed by atoms with Crippen LogP contribution in [0, 0.1) is 0 Å². The van der Waals surface area contributed by atoms with Crippen LogP contribution >= 0.6 is 0 Å². The molecule has 1 rings (SSSR count). The molecule has 0 heterocycles.